The van der Waals surface area contributed by atoms with E-state index >= 15 is 0 Å². The predicted molar refractivity (Wildman–Crippen MR) is 104 cm³/mol. The number of halogens is 1. The van der Waals surface area contributed by atoms with Gasteiger partial charge in [0.25, 0.3) is 5.91 Å². The lowest BCUT2D eigenvalue weighted by Gasteiger charge is -2.34. The van der Waals surface area contributed by atoms with Crippen LogP contribution in [-0.4, -0.2) is 51.9 Å². The van der Waals surface area contributed by atoms with Crippen molar-refractivity contribution < 1.29 is 9.18 Å². The number of hydrogen-bond acceptors (Lipinski definition) is 6. The van der Waals surface area contributed by atoms with Gasteiger partial charge in [-0.3, -0.25) is 9.78 Å². The molecule has 1 amide bonds. The Labute approximate surface area is 161 Å². The molecule has 7 nitrogen and oxygen atoms in total. The van der Waals surface area contributed by atoms with Crippen LogP contribution in [0.4, 0.5) is 21.7 Å². The highest BCUT2D eigenvalue weighted by Gasteiger charge is 2.23. The highest BCUT2D eigenvalue weighted by molar-refractivity contribution is 5.95. The minimum absolute atomic E-state index is 0.0988. The van der Waals surface area contributed by atoms with E-state index in [1.165, 1.54) is 12.3 Å². The monoisotopic (exact) mass is 378 g/mol. The van der Waals surface area contributed by atoms with Gasteiger partial charge in [0.15, 0.2) is 0 Å². The number of piperazine rings is 1. The van der Waals surface area contributed by atoms with Crippen LogP contribution in [0.2, 0.25) is 0 Å². The van der Waals surface area contributed by atoms with Crippen molar-refractivity contribution in [1.82, 2.24) is 19.9 Å². The Morgan fingerprint density at radius 3 is 2.50 bits per heavy atom. The number of para-hydroxylation sites is 1. The Kier molecular flexibility index (Phi) is 5.09. The number of rotatable bonds is 4. The second-order valence-electron chi connectivity index (χ2n) is 6.40. The summed E-state index contributed by atoms with van der Waals surface area (Å²) in [6.45, 7) is 2.47. The topological polar surface area (TPSA) is 74.2 Å². The van der Waals surface area contributed by atoms with Crippen LogP contribution in [0, 0.1) is 5.82 Å². The standard InChI is InChI=1S/C20H19FN6O/c21-17-4-1-2-5-18(17)25-16-12-15(13-22-14-16)19(28)26-8-10-27(11-9-26)20-23-6-3-7-24-20/h1-7,12-14,25H,8-11H2. The fourth-order valence-corrected chi connectivity index (χ4v) is 3.09. The van der Waals surface area contributed by atoms with Crippen LogP contribution in [0.25, 0.3) is 0 Å². The maximum Gasteiger partial charge on any atom is 0.255 e. The summed E-state index contributed by atoms with van der Waals surface area (Å²) in [5, 5.41) is 2.97. The number of aromatic nitrogens is 3. The molecule has 1 aliphatic rings. The van der Waals surface area contributed by atoms with Crippen molar-refractivity contribution in [3.8, 4) is 0 Å². The van der Waals surface area contributed by atoms with E-state index in [1.54, 1.807) is 53.8 Å². The van der Waals surface area contributed by atoms with Gasteiger partial charge >= 0.3 is 0 Å². The summed E-state index contributed by atoms with van der Waals surface area (Å²) in [5.74, 6) is 0.212. The Bertz CT molecular complexity index is 960. The summed E-state index contributed by atoms with van der Waals surface area (Å²) in [6, 6.07) is 9.84. The molecule has 4 rings (SSSR count). The summed E-state index contributed by atoms with van der Waals surface area (Å²) >= 11 is 0. The summed E-state index contributed by atoms with van der Waals surface area (Å²) in [4.78, 5) is 29.3. The zero-order valence-corrected chi connectivity index (χ0v) is 15.1. The number of amides is 1. The summed E-state index contributed by atoms with van der Waals surface area (Å²) < 4.78 is 13.8. The van der Waals surface area contributed by atoms with Gasteiger partial charge in [0.05, 0.1) is 23.1 Å². The minimum atomic E-state index is -0.363. The molecule has 0 bridgehead atoms. The van der Waals surface area contributed by atoms with E-state index in [4.69, 9.17) is 0 Å². The van der Waals surface area contributed by atoms with Gasteiger partial charge in [-0.25, -0.2) is 14.4 Å². The van der Waals surface area contributed by atoms with Crippen LogP contribution >= 0.6 is 0 Å². The van der Waals surface area contributed by atoms with Crippen molar-refractivity contribution in [1.29, 1.82) is 0 Å². The van der Waals surface area contributed by atoms with Gasteiger partial charge in [0.2, 0.25) is 5.95 Å². The fourth-order valence-electron chi connectivity index (χ4n) is 3.09. The first-order valence-electron chi connectivity index (χ1n) is 8.98. The van der Waals surface area contributed by atoms with E-state index in [1.807, 2.05) is 0 Å². The van der Waals surface area contributed by atoms with Gasteiger partial charge < -0.3 is 15.1 Å². The van der Waals surface area contributed by atoms with Crippen LogP contribution in [0.15, 0.2) is 61.2 Å². The Balaban J connectivity index is 1.42. The SMILES string of the molecule is O=C(c1cncc(Nc2ccccc2F)c1)N1CCN(c2ncccn2)CC1. The largest absolute Gasteiger partial charge is 0.352 e. The molecule has 3 aromatic rings. The van der Waals surface area contributed by atoms with E-state index in [2.05, 4.69) is 25.2 Å². The van der Waals surface area contributed by atoms with Crippen molar-refractivity contribution in [2.45, 2.75) is 0 Å². The smallest absolute Gasteiger partial charge is 0.255 e. The summed E-state index contributed by atoms with van der Waals surface area (Å²) in [7, 11) is 0. The molecule has 8 heteroatoms. The number of carbonyl (C=O) groups is 1. The predicted octanol–water partition coefficient (Wildman–Crippen LogP) is 2.72. The summed E-state index contributed by atoms with van der Waals surface area (Å²) in [6.07, 6.45) is 6.51. The van der Waals surface area contributed by atoms with Gasteiger partial charge in [-0.05, 0) is 24.3 Å². The van der Waals surface area contributed by atoms with Gasteiger partial charge in [-0.2, -0.15) is 0 Å². The molecule has 0 radical (unpaired) electrons. The lowest BCUT2D eigenvalue weighted by atomic mass is 10.2. The maximum atomic E-state index is 13.8. The first-order valence-corrected chi connectivity index (χ1v) is 8.98. The van der Waals surface area contributed by atoms with Crippen LogP contribution < -0.4 is 10.2 Å². The van der Waals surface area contributed by atoms with Crippen molar-refractivity contribution in [3.63, 3.8) is 0 Å². The van der Waals surface area contributed by atoms with E-state index in [9.17, 15) is 9.18 Å². The number of benzene rings is 1. The van der Waals surface area contributed by atoms with Crippen molar-refractivity contribution in [2.75, 3.05) is 36.4 Å². The highest BCUT2D eigenvalue weighted by atomic mass is 19.1. The molecule has 1 aliphatic heterocycles. The maximum absolute atomic E-state index is 13.8. The molecular formula is C20H19FN6O. The second-order valence-corrected chi connectivity index (χ2v) is 6.40. The molecular weight excluding hydrogens is 359 g/mol. The van der Waals surface area contributed by atoms with Crippen LogP contribution in [0.3, 0.4) is 0 Å². The second kappa shape index (κ2) is 7.99. The van der Waals surface area contributed by atoms with Gasteiger partial charge in [0.1, 0.15) is 5.82 Å². The van der Waals surface area contributed by atoms with Crippen molar-refractivity contribution >= 4 is 23.2 Å². The van der Waals surface area contributed by atoms with E-state index < -0.39 is 0 Å². The molecule has 1 saturated heterocycles. The van der Waals surface area contributed by atoms with E-state index in [0.29, 0.717) is 49.1 Å². The molecule has 1 aromatic carbocycles. The minimum Gasteiger partial charge on any atom is -0.352 e. The lowest BCUT2D eigenvalue weighted by molar-refractivity contribution is 0.0746. The number of nitrogens with zero attached hydrogens (tertiary/aromatic N) is 5. The first-order chi connectivity index (χ1) is 13.7. The van der Waals surface area contributed by atoms with Gasteiger partial charge in [-0.15, -0.1) is 0 Å². The molecule has 1 fully saturated rings. The average molecular weight is 378 g/mol. The Morgan fingerprint density at radius 1 is 1.00 bits per heavy atom. The molecule has 2 aromatic heterocycles. The number of pyridine rings is 1. The molecule has 0 atom stereocenters. The third kappa shape index (κ3) is 3.90. The lowest BCUT2D eigenvalue weighted by Crippen LogP contribution is -2.49. The highest BCUT2D eigenvalue weighted by Crippen LogP contribution is 2.20. The normalized spacial score (nSPS) is 14.0. The number of nitrogens with one attached hydrogen (secondary N) is 1. The number of carbonyl (C=O) groups excluding carboxylic acids is 1. The van der Waals surface area contributed by atoms with E-state index in [0.717, 1.165) is 0 Å². The summed E-state index contributed by atoms with van der Waals surface area (Å²) in [5.41, 5.74) is 1.36. The molecule has 0 unspecified atom stereocenters. The Morgan fingerprint density at radius 2 is 1.75 bits per heavy atom. The van der Waals surface area contributed by atoms with E-state index in [-0.39, 0.29) is 11.7 Å². The van der Waals surface area contributed by atoms with Crippen LogP contribution in [0.1, 0.15) is 10.4 Å². The molecule has 28 heavy (non-hydrogen) atoms. The Hall–Kier alpha value is -3.55. The fraction of sp³-hybridized carbons (Fsp3) is 0.200. The molecule has 0 aliphatic carbocycles. The third-order valence-electron chi connectivity index (χ3n) is 4.54. The van der Waals surface area contributed by atoms with Crippen molar-refractivity contribution in [3.05, 3.63) is 72.6 Å². The molecule has 3 heterocycles. The number of hydrogen-bond donors (Lipinski definition) is 1. The van der Waals surface area contributed by atoms with Crippen LogP contribution in [-0.2, 0) is 0 Å². The first kappa shape index (κ1) is 17.8. The zero-order valence-electron chi connectivity index (χ0n) is 15.1. The molecule has 1 N–H and O–H groups in total. The van der Waals surface area contributed by atoms with Crippen molar-refractivity contribution in [2.24, 2.45) is 0 Å². The van der Waals surface area contributed by atoms with Gasteiger partial charge in [0, 0.05) is 44.8 Å². The average Bonchev–Trinajstić information content (AvgIpc) is 2.76. The number of anilines is 3. The zero-order chi connectivity index (χ0) is 19.3. The van der Waals surface area contributed by atoms with Gasteiger partial charge in [-0.1, -0.05) is 12.1 Å². The molecule has 0 saturated carbocycles. The van der Waals surface area contributed by atoms with Crippen LogP contribution in [0.5, 0.6) is 0 Å². The quantitative estimate of drug-likeness (QED) is 0.753. The third-order valence-corrected chi connectivity index (χ3v) is 4.54. The molecule has 142 valence electrons. The molecule has 0 spiro atoms.